The molecule has 0 spiro atoms. The number of nitrogens with zero attached hydrogens (tertiary/aromatic N) is 2. The maximum absolute atomic E-state index is 12.5. The molecule has 0 bridgehead atoms. The van der Waals surface area contributed by atoms with Crippen molar-refractivity contribution in [2.24, 2.45) is 0 Å². The van der Waals surface area contributed by atoms with Gasteiger partial charge < -0.3 is 0 Å². The molecule has 4 rings (SSSR count). The van der Waals surface area contributed by atoms with Crippen molar-refractivity contribution in [3.63, 3.8) is 0 Å². The van der Waals surface area contributed by atoms with Gasteiger partial charge in [-0.3, -0.25) is 10.1 Å². The van der Waals surface area contributed by atoms with Gasteiger partial charge in [-0.25, -0.2) is 9.97 Å². The fourth-order valence-corrected chi connectivity index (χ4v) is 4.10. The molecule has 0 saturated carbocycles. The van der Waals surface area contributed by atoms with Crippen molar-refractivity contribution in [2.45, 2.75) is 19.8 Å². The number of amides is 1. The van der Waals surface area contributed by atoms with Crippen molar-refractivity contribution in [1.82, 2.24) is 9.97 Å². The lowest BCUT2D eigenvalue weighted by Crippen LogP contribution is -2.11. The molecule has 2 aromatic heterocycles. The number of nitrogens with one attached hydrogen (secondary N) is 1. The first kappa shape index (κ1) is 16.9. The van der Waals surface area contributed by atoms with Crippen LogP contribution in [0.15, 0.2) is 53.4 Å². The number of benzene rings is 2. The SMILES string of the molecule is CC(C)c1ccc(-c2csc(NC(=O)c3ccc4ncsc4c3)n2)cc1. The van der Waals surface area contributed by atoms with Crippen molar-refractivity contribution in [3.8, 4) is 11.3 Å². The Bertz CT molecular complexity index is 1060. The molecule has 1 amide bonds. The van der Waals surface area contributed by atoms with Gasteiger partial charge in [0.2, 0.25) is 0 Å². The molecular formula is C20H17N3OS2. The average molecular weight is 380 g/mol. The number of thiazole rings is 2. The van der Waals surface area contributed by atoms with Crippen LogP contribution in [-0.2, 0) is 0 Å². The Hall–Kier alpha value is -2.57. The third-order valence-corrected chi connectivity index (χ3v) is 5.74. The van der Waals surface area contributed by atoms with Crippen molar-refractivity contribution in [1.29, 1.82) is 0 Å². The van der Waals surface area contributed by atoms with E-state index in [-0.39, 0.29) is 5.91 Å². The van der Waals surface area contributed by atoms with Gasteiger partial charge in [0.05, 0.1) is 21.4 Å². The van der Waals surface area contributed by atoms with Crippen LogP contribution in [0.1, 0.15) is 35.7 Å². The molecule has 2 aromatic carbocycles. The van der Waals surface area contributed by atoms with Gasteiger partial charge in [-0.05, 0) is 29.7 Å². The lowest BCUT2D eigenvalue weighted by atomic mass is 10.0. The van der Waals surface area contributed by atoms with Crippen molar-refractivity contribution < 1.29 is 4.79 Å². The number of carbonyl (C=O) groups excluding carboxylic acids is 1. The second kappa shape index (κ2) is 6.97. The van der Waals surface area contributed by atoms with Crippen LogP contribution >= 0.6 is 22.7 Å². The summed E-state index contributed by atoms with van der Waals surface area (Å²) in [4.78, 5) is 21.3. The number of rotatable bonds is 4. The van der Waals surface area contributed by atoms with Gasteiger partial charge in [0.25, 0.3) is 5.91 Å². The summed E-state index contributed by atoms with van der Waals surface area (Å²) in [5.74, 6) is 0.349. The summed E-state index contributed by atoms with van der Waals surface area (Å²) >= 11 is 2.96. The molecule has 0 aliphatic heterocycles. The number of carbonyl (C=O) groups is 1. The summed E-state index contributed by atoms with van der Waals surface area (Å²) in [6, 6.07) is 13.9. The van der Waals surface area contributed by atoms with Crippen LogP contribution in [0.5, 0.6) is 0 Å². The number of anilines is 1. The number of fused-ring (bicyclic) bond motifs is 1. The molecule has 2 heterocycles. The predicted octanol–water partition coefficient (Wildman–Crippen LogP) is 5.80. The second-order valence-electron chi connectivity index (χ2n) is 6.30. The molecule has 130 valence electrons. The number of aromatic nitrogens is 2. The largest absolute Gasteiger partial charge is 0.298 e. The molecule has 0 unspecified atom stereocenters. The molecule has 6 heteroatoms. The van der Waals surface area contributed by atoms with Crippen LogP contribution in [0.25, 0.3) is 21.5 Å². The summed E-state index contributed by atoms with van der Waals surface area (Å²) in [5.41, 5.74) is 6.53. The molecule has 0 saturated heterocycles. The van der Waals surface area contributed by atoms with Crippen molar-refractivity contribution >= 4 is 43.9 Å². The first-order valence-corrected chi connectivity index (χ1v) is 10.1. The Balaban J connectivity index is 1.51. The highest BCUT2D eigenvalue weighted by Gasteiger charge is 2.11. The first-order valence-electron chi connectivity index (χ1n) is 8.30. The van der Waals surface area contributed by atoms with E-state index in [1.54, 1.807) is 11.6 Å². The Morgan fingerprint density at radius 2 is 1.88 bits per heavy atom. The highest BCUT2D eigenvalue weighted by molar-refractivity contribution is 7.16. The molecule has 4 nitrogen and oxygen atoms in total. The van der Waals surface area contributed by atoms with Gasteiger partial charge in [-0.1, -0.05) is 38.1 Å². The monoisotopic (exact) mass is 379 g/mol. The van der Waals surface area contributed by atoms with Gasteiger partial charge in [-0.2, -0.15) is 0 Å². The molecule has 4 aromatic rings. The normalized spacial score (nSPS) is 11.2. The van der Waals surface area contributed by atoms with E-state index in [9.17, 15) is 4.79 Å². The lowest BCUT2D eigenvalue weighted by molar-refractivity contribution is 0.102. The van der Waals surface area contributed by atoms with Crippen LogP contribution in [0.3, 0.4) is 0 Å². The molecule has 0 radical (unpaired) electrons. The molecule has 1 N–H and O–H groups in total. The summed E-state index contributed by atoms with van der Waals surface area (Å²) in [5, 5.41) is 5.45. The molecule has 0 fully saturated rings. The van der Waals surface area contributed by atoms with E-state index >= 15 is 0 Å². The quantitative estimate of drug-likeness (QED) is 0.488. The predicted molar refractivity (Wildman–Crippen MR) is 109 cm³/mol. The third kappa shape index (κ3) is 3.38. The first-order chi connectivity index (χ1) is 12.6. The minimum Gasteiger partial charge on any atom is -0.298 e. The Morgan fingerprint density at radius 1 is 1.08 bits per heavy atom. The Kier molecular flexibility index (Phi) is 4.53. The van der Waals surface area contributed by atoms with E-state index < -0.39 is 0 Å². The van der Waals surface area contributed by atoms with E-state index in [1.165, 1.54) is 28.2 Å². The van der Waals surface area contributed by atoms with E-state index in [4.69, 9.17) is 0 Å². The van der Waals surface area contributed by atoms with E-state index in [2.05, 4.69) is 53.4 Å². The fourth-order valence-electron chi connectivity index (χ4n) is 2.67. The zero-order valence-electron chi connectivity index (χ0n) is 14.4. The molecule has 26 heavy (non-hydrogen) atoms. The summed E-state index contributed by atoms with van der Waals surface area (Å²) in [6.45, 7) is 4.35. The van der Waals surface area contributed by atoms with Crippen LogP contribution < -0.4 is 5.32 Å². The highest BCUT2D eigenvalue weighted by Crippen LogP contribution is 2.27. The summed E-state index contributed by atoms with van der Waals surface area (Å²) in [6.07, 6.45) is 0. The maximum atomic E-state index is 12.5. The number of hydrogen-bond acceptors (Lipinski definition) is 5. The van der Waals surface area contributed by atoms with Gasteiger partial charge in [0.1, 0.15) is 0 Å². The van der Waals surface area contributed by atoms with Gasteiger partial charge in [0, 0.05) is 16.5 Å². The Morgan fingerprint density at radius 3 is 2.65 bits per heavy atom. The maximum Gasteiger partial charge on any atom is 0.257 e. The highest BCUT2D eigenvalue weighted by atomic mass is 32.1. The van der Waals surface area contributed by atoms with Gasteiger partial charge in [-0.15, -0.1) is 22.7 Å². The van der Waals surface area contributed by atoms with Crippen molar-refractivity contribution in [3.05, 3.63) is 64.5 Å². The standard InChI is InChI=1S/C20H17N3OS2/c1-12(2)13-3-5-14(6-4-13)17-10-25-20(22-17)23-19(24)15-7-8-16-18(9-15)26-11-21-16/h3-12H,1-2H3,(H,22,23,24). The zero-order chi connectivity index (χ0) is 18.1. The summed E-state index contributed by atoms with van der Waals surface area (Å²) < 4.78 is 1.00. The summed E-state index contributed by atoms with van der Waals surface area (Å²) in [7, 11) is 0. The van der Waals surface area contributed by atoms with E-state index in [0.717, 1.165) is 21.5 Å². The topological polar surface area (TPSA) is 54.9 Å². The zero-order valence-corrected chi connectivity index (χ0v) is 16.0. The molecule has 0 atom stereocenters. The van der Waals surface area contributed by atoms with Crippen LogP contribution in [0, 0.1) is 0 Å². The molecule has 0 aliphatic rings. The Labute approximate surface area is 159 Å². The van der Waals surface area contributed by atoms with Gasteiger partial charge in [0.15, 0.2) is 5.13 Å². The molecular weight excluding hydrogens is 362 g/mol. The van der Waals surface area contributed by atoms with E-state index in [1.807, 2.05) is 17.5 Å². The van der Waals surface area contributed by atoms with Crippen molar-refractivity contribution in [2.75, 3.05) is 5.32 Å². The lowest BCUT2D eigenvalue weighted by Gasteiger charge is -2.05. The van der Waals surface area contributed by atoms with Gasteiger partial charge >= 0.3 is 0 Å². The van der Waals surface area contributed by atoms with Crippen LogP contribution in [-0.4, -0.2) is 15.9 Å². The van der Waals surface area contributed by atoms with Crippen LogP contribution in [0.4, 0.5) is 5.13 Å². The van der Waals surface area contributed by atoms with Crippen LogP contribution in [0.2, 0.25) is 0 Å². The minimum atomic E-state index is -0.156. The second-order valence-corrected chi connectivity index (χ2v) is 8.05. The minimum absolute atomic E-state index is 0.156. The third-order valence-electron chi connectivity index (χ3n) is 4.19. The molecule has 0 aliphatic carbocycles. The van der Waals surface area contributed by atoms with E-state index in [0.29, 0.717) is 16.6 Å². The smallest absolute Gasteiger partial charge is 0.257 e. The average Bonchev–Trinajstić information content (AvgIpc) is 3.30. The number of hydrogen-bond donors (Lipinski definition) is 1. The fraction of sp³-hybridized carbons (Fsp3) is 0.150.